The highest BCUT2D eigenvalue weighted by atomic mass is 16.3. The normalized spacial score (nSPS) is 13.6. The molecule has 0 aromatic heterocycles. The average molecular weight is 270 g/mol. The van der Waals surface area contributed by atoms with Gasteiger partial charge in [-0.25, -0.2) is 0 Å². The zero-order valence-electron chi connectivity index (χ0n) is 11.6. The molecule has 1 atom stereocenters. The number of hydrogen-bond donors (Lipinski definition) is 2. The molecular formula is C16H18N2O2. The van der Waals surface area contributed by atoms with E-state index in [9.17, 15) is 9.90 Å². The first kappa shape index (κ1) is 14.1. The van der Waals surface area contributed by atoms with Crippen molar-refractivity contribution < 1.29 is 9.90 Å². The van der Waals surface area contributed by atoms with Gasteiger partial charge in [0.15, 0.2) is 0 Å². The topological polar surface area (TPSA) is 66.6 Å². The van der Waals surface area contributed by atoms with Crippen LogP contribution in [-0.2, 0) is 10.3 Å². The van der Waals surface area contributed by atoms with Crippen molar-refractivity contribution in [1.29, 1.82) is 0 Å². The molecule has 2 aromatic rings. The number of phenolic OH excluding ortho intramolecular Hbond substituents is 1. The van der Waals surface area contributed by atoms with E-state index >= 15 is 0 Å². The molecule has 0 aliphatic heterocycles. The van der Waals surface area contributed by atoms with E-state index in [1.54, 1.807) is 32.2 Å². The number of hydrogen-bond acceptors (Lipinski definition) is 3. The van der Waals surface area contributed by atoms with E-state index in [0.717, 1.165) is 5.56 Å². The standard InChI is InChI=1S/C16H18N2O2/c1-16(17,12-7-4-3-5-8-12)15(20)18(2)13-9-6-10-14(19)11-13/h3-11,19H,17H2,1-2H3. The molecule has 1 amide bonds. The smallest absolute Gasteiger partial charge is 0.251 e. The Balaban J connectivity index is 2.31. The minimum absolute atomic E-state index is 0.112. The minimum atomic E-state index is -1.12. The van der Waals surface area contributed by atoms with Crippen molar-refractivity contribution in [1.82, 2.24) is 0 Å². The lowest BCUT2D eigenvalue weighted by molar-refractivity contribution is -0.123. The van der Waals surface area contributed by atoms with Crippen LogP contribution in [0.5, 0.6) is 5.75 Å². The van der Waals surface area contributed by atoms with Gasteiger partial charge < -0.3 is 15.7 Å². The van der Waals surface area contributed by atoms with Crippen LogP contribution in [0, 0.1) is 0 Å². The molecule has 104 valence electrons. The van der Waals surface area contributed by atoms with Gasteiger partial charge in [0, 0.05) is 18.8 Å². The van der Waals surface area contributed by atoms with Crippen molar-refractivity contribution in [2.75, 3.05) is 11.9 Å². The van der Waals surface area contributed by atoms with Crippen LogP contribution < -0.4 is 10.6 Å². The van der Waals surface area contributed by atoms with Crippen molar-refractivity contribution in [3.63, 3.8) is 0 Å². The largest absolute Gasteiger partial charge is 0.508 e. The molecule has 20 heavy (non-hydrogen) atoms. The Kier molecular flexibility index (Phi) is 3.77. The van der Waals surface area contributed by atoms with Gasteiger partial charge in [-0.05, 0) is 24.6 Å². The van der Waals surface area contributed by atoms with Crippen molar-refractivity contribution in [3.8, 4) is 5.75 Å². The van der Waals surface area contributed by atoms with Gasteiger partial charge in [0.25, 0.3) is 5.91 Å². The summed E-state index contributed by atoms with van der Waals surface area (Å²) in [5.41, 5.74) is 6.43. The van der Waals surface area contributed by atoms with E-state index in [-0.39, 0.29) is 11.7 Å². The average Bonchev–Trinajstić information content (AvgIpc) is 2.46. The third-order valence-corrected chi connectivity index (χ3v) is 3.34. The molecule has 3 N–H and O–H groups in total. The molecule has 2 aromatic carbocycles. The van der Waals surface area contributed by atoms with Gasteiger partial charge in [0.2, 0.25) is 0 Å². The van der Waals surface area contributed by atoms with E-state index < -0.39 is 5.54 Å². The Morgan fingerprint density at radius 2 is 1.80 bits per heavy atom. The second-order valence-corrected chi connectivity index (χ2v) is 4.95. The highest BCUT2D eigenvalue weighted by molar-refractivity contribution is 6.00. The molecular weight excluding hydrogens is 252 g/mol. The minimum Gasteiger partial charge on any atom is -0.508 e. The molecule has 0 saturated carbocycles. The first-order valence-electron chi connectivity index (χ1n) is 6.34. The van der Waals surface area contributed by atoms with Crippen LogP contribution >= 0.6 is 0 Å². The van der Waals surface area contributed by atoms with Crippen LogP contribution in [0.4, 0.5) is 5.69 Å². The fourth-order valence-corrected chi connectivity index (χ4v) is 2.08. The molecule has 1 unspecified atom stereocenters. The SMILES string of the molecule is CN(C(=O)C(C)(N)c1ccccc1)c1cccc(O)c1. The maximum atomic E-state index is 12.6. The second kappa shape index (κ2) is 5.35. The molecule has 2 rings (SSSR count). The Labute approximate surface area is 118 Å². The van der Waals surface area contributed by atoms with Gasteiger partial charge >= 0.3 is 0 Å². The predicted molar refractivity (Wildman–Crippen MR) is 79.5 cm³/mol. The third-order valence-electron chi connectivity index (χ3n) is 3.34. The van der Waals surface area contributed by atoms with Gasteiger partial charge in [0.1, 0.15) is 11.3 Å². The quantitative estimate of drug-likeness (QED) is 0.898. The highest BCUT2D eigenvalue weighted by Gasteiger charge is 2.33. The van der Waals surface area contributed by atoms with Gasteiger partial charge in [-0.1, -0.05) is 36.4 Å². The number of rotatable bonds is 3. The number of carbonyl (C=O) groups excluding carboxylic acids is 1. The molecule has 0 aliphatic rings. The number of carbonyl (C=O) groups is 1. The van der Waals surface area contributed by atoms with Crippen LogP contribution in [-0.4, -0.2) is 18.1 Å². The van der Waals surface area contributed by atoms with Gasteiger partial charge in [-0.2, -0.15) is 0 Å². The summed E-state index contributed by atoms with van der Waals surface area (Å²) in [5, 5.41) is 9.49. The second-order valence-electron chi connectivity index (χ2n) is 4.95. The van der Waals surface area contributed by atoms with Crippen LogP contribution in [0.25, 0.3) is 0 Å². The predicted octanol–water partition coefficient (Wildman–Crippen LogP) is 2.23. The number of aromatic hydroxyl groups is 1. The van der Waals surface area contributed by atoms with Crippen molar-refractivity contribution in [2.24, 2.45) is 5.73 Å². The molecule has 0 fully saturated rings. The third kappa shape index (κ3) is 2.65. The lowest BCUT2D eigenvalue weighted by Crippen LogP contribution is -2.49. The number of phenols is 1. The zero-order chi connectivity index (χ0) is 14.8. The molecule has 0 saturated heterocycles. The Bertz CT molecular complexity index is 609. The van der Waals surface area contributed by atoms with Crippen LogP contribution in [0.2, 0.25) is 0 Å². The first-order valence-corrected chi connectivity index (χ1v) is 6.34. The first-order chi connectivity index (χ1) is 9.43. The van der Waals surface area contributed by atoms with E-state index in [0.29, 0.717) is 5.69 Å². The fraction of sp³-hybridized carbons (Fsp3) is 0.188. The number of amides is 1. The molecule has 0 aliphatic carbocycles. The van der Waals surface area contributed by atoms with E-state index in [2.05, 4.69) is 0 Å². The van der Waals surface area contributed by atoms with E-state index in [1.807, 2.05) is 30.3 Å². The zero-order valence-corrected chi connectivity index (χ0v) is 11.6. The lowest BCUT2D eigenvalue weighted by Gasteiger charge is -2.29. The van der Waals surface area contributed by atoms with E-state index in [1.165, 1.54) is 11.0 Å². The fourth-order valence-electron chi connectivity index (χ4n) is 2.08. The molecule has 4 heteroatoms. The molecule has 0 radical (unpaired) electrons. The van der Waals surface area contributed by atoms with Gasteiger partial charge in [0.05, 0.1) is 0 Å². The van der Waals surface area contributed by atoms with Crippen molar-refractivity contribution in [2.45, 2.75) is 12.5 Å². The summed E-state index contributed by atoms with van der Waals surface area (Å²) in [6, 6.07) is 15.7. The number of nitrogens with two attached hydrogens (primary N) is 1. The summed E-state index contributed by atoms with van der Waals surface area (Å²) < 4.78 is 0. The molecule has 0 heterocycles. The number of nitrogens with zero attached hydrogens (tertiary/aromatic N) is 1. The van der Waals surface area contributed by atoms with E-state index in [4.69, 9.17) is 5.73 Å². The van der Waals surface area contributed by atoms with Crippen LogP contribution in [0.15, 0.2) is 54.6 Å². The summed E-state index contributed by atoms with van der Waals surface area (Å²) in [6.45, 7) is 1.68. The summed E-state index contributed by atoms with van der Waals surface area (Å²) in [4.78, 5) is 14.0. The van der Waals surface area contributed by atoms with Crippen molar-refractivity contribution in [3.05, 3.63) is 60.2 Å². The Morgan fingerprint density at radius 1 is 1.15 bits per heavy atom. The van der Waals surface area contributed by atoms with Crippen LogP contribution in [0.3, 0.4) is 0 Å². The molecule has 0 bridgehead atoms. The Morgan fingerprint density at radius 3 is 2.40 bits per heavy atom. The van der Waals surface area contributed by atoms with Crippen molar-refractivity contribution >= 4 is 11.6 Å². The van der Waals surface area contributed by atoms with Gasteiger partial charge in [-0.15, -0.1) is 0 Å². The van der Waals surface area contributed by atoms with Gasteiger partial charge in [-0.3, -0.25) is 4.79 Å². The maximum Gasteiger partial charge on any atom is 0.251 e. The molecule has 4 nitrogen and oxygen atoms in total. The maximum absolute atomic E-state index is 12.6. The number of anilines is 1. The van der Waals surface area contributed by atoms with Crippen LogP contribution in [0.1, 0.15) is 12.5 Å². The summed E-state index contributed by atoms with van der Waals surface area (Å²) in [7, 11) is 1.64. The highest BCUT2D eigenvalue weighted by Crippen LogP contribution is 2.25. The summed E-state index contributed by atoms with van der Waals surface area (Å²) in [5.74, 6) is -0.130. The summed E-state index contributed by atoms with van der Waals surface area (Å²) in [6.07, 6.45) is 0. The number of benzene rings is 2. The monoisotopic (exact) mass is 270 g/mol. The molecule has 0 spiro atoms. The lowest BCUT2D eigenvalue weighted by atomic mass is 9.91. The summed E-state index contributed by atoms with van der Waals surface area (Å²) >= 11 is 0. The number of likely N-dealkylation sites (N-methyl/N-ethyl adjacent to an activating group) is 1. The Hall–Kier alpha value is -2.33.